The highest BCUT2D eigenvalue weighted by molar-refractivity contribution is 5.23. The lowest BCUT2D eigenvalue weighted by molar-refractivity contribution is 0.240. The molecule has 3 heteroatoms. The summed E-state index contributed by atoms with van der Waals surface area (Å²) in [6.07, 6.45) is 2.70. The lowest BCUT2D eigenvalue weighted by atomic mass is 9.95. The molecule has 3 rings (SSSR count). The van der Waals surface area contributed by atoms with E-state index in [1.807, 2.05) is 0 Å². The summed E-state index contributed by atoms with van der Waals surface area (Å²) in [6.45, 7) is 5.77. The highest BCUT2D eigenvalue weighted by Gasteiger charge is 2.32. The molecule has 2 heterocycles. The first-order valence-corrected chi connectivity index (χ1v) is 7.56. The van der Waals surface area contributed by atoms with Gasteiger partial charge in [-0.3, -0.25) is 0 Å². The van der Waals surface area contributed by atoms with E-state index in [0.29, 0.717) is 12.0 Å². The lowest BCUT2D eigenvalue weighted by Crippen LogP contribution is -2.38. The number of rotatable bonds is 3. The summed E-state index contributed by atoms with van der Waals surface area (Å²) >= 11 is 0. The van der Waals surface area contributed by atoms with Crippen LogP contribution in [0.1, 0.15) is 24.3 Å². The molecule has 2 aliphatic heterocycles. The molecule has 0 saturated carbocycles. The van der Waals surface area contributed by atoms with Crippen LogP contribution in [0.5, 0.6) is 0 Å². The Hall–Kier alpha value is -0.900. The van der Waals surface area contributed by atoms with E-state index in [1.165, 1.54) is 38.0 Å². The Kier molecular flexibility index (Phi) is 4.16. The quantitative estimate of drug-likeness (QED) is 0.862. The largest absolute Gasteiger partial charge is 0.326 e. The second-order valence-electron chi connectivity index (χ2n) is 6.11. The van der Waals surface area contributed by atoms with Gasteiger partial charge in [0.15, 0.2) is 0 Å². The van der Waals surface area contributed by atoms with Gasteiger partial charge in [0.25, 0.3) is 0 Å². The molecule has 2 saturated heterocycles. The van der Waals surface area contributed by atoms with Crippen LogP contribution in [-0.4, -0.2) is 43.7 Å². The molecule has 3 N–H and O–H groups in total. The van der Waals surface area contributed by atoms with Crippen molar-refractivity contribution in [1.82, 2.24) is 10.2 Å². The molecule has 3 atom stereocenters. The second kappa shape index (κ2) is 6.04. The van der Waals surface area contributed by atoms with Gasteiger partial charge >= 0.3 is 0 Å². The van der Waals surface area contributed by atoms with Gasteiger partial charge in [0.05, 0.1) is 0 Å². The first kappa shape index (κ1) is 13.1. The van der Waals surface area contributed by atoms with Crippen LogP contribution >= 0.6 is 0 Å². The van der Waals surface area contributed by atoms with E-state index >= 15 is 0 Å². The summed E-state index contributed by atoms with van der Waals surface area (Å²) in [4.78, 5) is 2.57. The fraction of sp³-hybridized carbons (Fsp3) is 0.625. The molecule has 2 fully saturated rings. The molecule has 1 unspecified atom stereocenters. The smallest absolute Gasteiger partial charge is 0.0249 e. The molecule has 0 aromatic heterocycles. The average molecular weight is 259 g/mol. The number of nitrogens with one attached hydrogen (secondary N) is 1. The van der Waals surface area contributed by atoms with Crippen LogP contribution < -0.4 is 11.1 Å². The Labute approximate surface area is 116 Å². The maximum absolute atomic E-state index is 6.35. The van der Waals surface area contributed by atoms with E-state index in [9.17, 15) is 0 Å². The molecular formula is C16H25N3. The second-order valence-corrected chi connectivity index (χ2v) is 6.11. The van der Waals surface area contributed by atoms with Crippen LogP contribution in [0.25, 0.3) is 0 Å². The molecule has 104 valence electrons. The zero-order valence-corrected chi connectivity index (χ0v) is 11.6. The topological polar surface area (TPSA) is 41.3 Å². The van der Waals surface area contributed by atoms with Crippen molar-refractivity contribution in [3.63, 3.8) is 0 Å². The number of benzene rings is 1. The van der Waals surface area contributed by atoms with E-state index < -0.39 is 0 Å². The van der Waals surface area contributed by atoms with Crippen molar-refractivity contribution in [3.05, 3.63) is 35.9 Å². The van der Waals surface area contributed by atoms with E-state index in [4.69, 9.17) is 5.73 Å². The first-order valence-electron chi connectivity index (χ1n) is 7.56. The lowest BCUT2D eigenvalue weighted by Gasteiger charge is -2.27. The Bertz CT molecular complexity index is 386. The number of nitrogens with zero attached hydrogens (tertiary/aromatic N) is 1. The number of nitrogens with two attached hydrogens (primary N) is 1. The molecule has 1 aromatic rings. The van der Waals surface area contributed by atoms with Crippen molar-refractivity contribution in [2.24, 2.45) is 11.7 Å². The predicted molar refractivity (Wildman–Crippen MR) is 79.2 cm³/mol. The molecule has 1 aromatic carbocycles. The molecule has 0 spiro atoms. The molecule has 19 heavy (non-hydrogen) atoms. The highest BCUT2D eigenvalue weighted by Crippen LogP contribution is 2.27. The van der Waals surface area contributed by atoms with E-state index in [0.717, 1.165) is 19.0 Å². The Morgan fingerprint density at radius 3 is 2.79 bits per heavy atom. The molecule has 2 aliphatic rings. The normalized spacial score (nSPS) is 32.6. The number of likely N-dealkylation sites (tertiary alicyclic amines) is 1. The summed E-state index contributed by atoms with van der Waals surface area (Å²) in [5, 5.41) is 3.50. The van der Waals surface area contributed by atoms with Crippen molar-refractivity contribution in [1.29, 1.82) is 0 Å². The van der Waals surface area contributed by atoms with Gasteiger partial charge in [-0.1, -0.05) is 30.3 Å². The Morgan fingerprint density at radius 1 is 1.21 bits per heavy atom. The van der Waals surface area contributed by atoms with E-state index in [2.05, 4.69) is 40.5 Å². The van der Waals surface area contributed by atoms with Crippen molar-refractivity contribution in [3.8, 4) is 0 Å². The standard InChI is InChI=1S/C16H25N3/c17-16-12-19(10-13-5-4-8-18-9-13)11-15(16)14-6-2-1-3-7-14/h1-3,6-7,13,15-16,18H,4-5,8-12,17H2/t13?,15-,16+/m0/s1. The van der Waals surface area contributed by atoms with Crippen molar-refractivity contribution >= 4 is 0 Å². The summed E-state index contributed by atoms with van der Waals surface area (Å²) in [7, 11) is 0. The summed E-state index contributed by atoms with van der Waals surface area (Å²) in [5.74, 6) is 1.33. The number of hydrogen-bond donors (Lipinski definition) is 2. The summed E-state index contributed by atoms with van der Waals surface area (Å²) in [6, 6.07) is 11.0. The van der Waals surface area contributed by atoms with Crippen molar-refractivity contribution in [2.75, 3.05) is 32.7 Å². The van der Waals surface area contributed by atoms with Crippen LogP contribution in [0, 0.1) is 5.92 Å². The number of hydrogen-bond acceptors (Lipinski definition) is 3. The monoisotopic (exact) mass is 259 g/mol. The molecule has 3 nitrogen and oxygen atoms in total. The minimum Gasteiger partial charge on any atom is -0.326 e. The van der Waals surface area contributed by atoms with Gasteiger partial charge < -0.3 is 16.0 Å². The maximum Gasteiger partial charge on any atom is 0.0249 e. The van der Waals surface area contributed by atoms with Crippen LogP contribution in [0.15, 0.2) is 30.3 Å². The van der Waals surface area contributed by atoms with Crippen molar-refractivity contribution < 1.29 is 0 Å². The zero-order valence-electron chi connectivity index (χ0n) is 11.6. The minimum atomic E-state index is 0.291. The third-order valence-electron chi connectivity index (χ3n) is 4.58. The number of piperidine rings is 1. The summed E-state index contributed by atoms with van der Waals surface area (Å²) in [5.41, 5.74) is 7.75. The third-order valence-corrected chi connectivity index (χ3v) is 4.58. The molecule has 0 amide bonds. The van der Waals surface area contributed by atoms with Gasteiger partial charge in [-0.05, 0) is 37.4 Å². The van der Waals surface area contributed by atoms with E-state index in [-0.39, 0.29) is 0 Å². The van der Waals surface area contributed by atoms with Crippen LogP contribution in [0.3, 0.4) is 0 Å². The van der Waals surface area contributed by atoms with Gasteiger partial charge in [0, 0.05) is 31.6 Å². The fourth-order valence-corrected chi connectivity index (χ4v) is 3.56. The fourth-order valence-electron chi connectivity index (χ4n) is 3.56. The summed E-state index contributed by atoms with van der Waals surface area (Å²) < 4.78 is 0. The Balaban J connectivity index is 1.58. The molecule has 0 radical (unpaired) electrons. The van der Waals surface area contributed by atoms with Gasteiger partial charge in [-0.15, -0.1) is 0 Å². The van der Waals surface area contributed by atoms with Crippen LogP contribution in [0.2, 0.25) is 0 Å². The molecule has 0 bridgehead atoms. The zero-order chi connectivity index (χ0) is 13.1. The van der Waals surface area contributed by atoms with Crippen LogP contribution in [0.4, 0.5) is 0 Å². The van der Waals surface area contributed by atoms with E-state index in [1.54, 1.807) is 0 Å². The minimum absolute atomic E-state index is 0.291. The SMILES string of the molecule is N[C@@H]1CN(CC2CCCNC2)C[C@H]1c1ccccc1. The van der Waals surface area contributed by atoms with Crippen LogP contribution in [-0.2, 0) is 0 Å². The molecular weight excluding hydrogens is 234 g/mol. The average Bonchev–Trinajstić information content (AvgIpc) is 2.82. The highest BCUT2D eigenvalue weighted by atomic mass is 15.2. The first-order chi connectivity index (χ1) is 9.33. The van der Waals surface area contributed by atoms with Crippen molar-refractivity contribution in [2.45, 2.75) is 24.8 Å². The predicted octanol–water partition coefficient (Wildman–Crippen LogP) is 1.41. The van der Waals surface area contributed by atoms with Gasteiger partial charge in [-0.25, -0.2) is 0 Å². The third kappa shape index (κ3) is 3.16. The Morgan fingerprint density at radius 2 is 2.05 bits per heavy atom. The van der Waals surface area contributed by atoms with Gasteiger partial charge in [0.2, 0.25) is 0 Å². The maximum atomic E-state index is 6.35. The molecule has 0 aliphatic carbocycles. The van der Waals surface area contributed by atoms with Gasteiger partial charge in [0.1, 0.15) is 0 Å². The van der Waals surface area contributed by atoms with Gasteiger partial charge in [-0.2, -0.15) is 0 Å².